The summed E-state index contributed by atoms with van der Waals surface area (Å²) in [5.41, 5.74) is 1.07. The van der Waals surface area contributed by atoms with Crippen LogP contribution in [-0.4, -0.2) is 45.2 Å². The number of rotatable bonds is 4. The van der Waals surface area contributed by atoms with Crippen LogP contribution in [0.25, 0.3) is 11.4 Å². The number of nitrogens with zero attached hydrogens (tertiary/aromatic N) is 4. The average Bonchev–Trinajstić information content (AvgIpc) is 3.12. The Morgan fingerprint density at radius 1 is 1.14 bits per heavy atom. The number of aromatic nitrogens is 3. The van der Waals surface area contributed by atoms with E-state index in [1.807, 2.05) is 23.1 Å². The second kappa shape index (κ2) is 10.2. The van der Waals surface area contributed by atoms with Crippen molar-refractivity contribution in [2.24, 2.45) is 11.8 Å². The third-order valence-electron chi connectivity index (χ3n) is 5.82. The molecular formula is C20H29Cl2N5O. The third-order valence-corrected chi connectivity index (χ3v) is 5.82. The highest BCUT2D eigenvalue weighted by Crippen LogP contribution is 2.26. The van der Waals surface area contributed by atoms with Crippen LogP contribution >= 0.6 is 24.8 Å². The van der Waals surface area contributed by atoms with E-state index in [0.717, 1.165) is 43.4 Å². The number of carbonyl (C=O) groups excluding carboxylic acids is 1. The van der Waals surface area contributed by atoms with Gasteiger partial charge in [0.25, 0.3) is 0 Å². The lowest BCUT2D eigenvalue weighted by molar-refractivity contribution is -0.134. The van der Waals surface area contributed by atoms with E-state index in [1.54, 1.807) is 0 Å². The van der Waals surface area contributed by atoms with Gasteiger partial charge < -0.3 is 14.8 Å². The molecule has 1 fully saturated rings. The second-order valence-corrected chi connectivity index (χ2v) is 7.54. The maximum absolute atomic E-state index is 12.8. The smallest absolute Gasteiger partial charge is 0.223 e. The molecule has 1 N–H and O–H groups in total. The van der Waals surface area contributed by atoms with Crippen LogP contribution in [0.1, 0.15) is 32.0 Å². The number of benzene rings is 1. The van der Waals surface area contributed by atoms with E-state index in [4.69, 9.17) is 0 Å². The van der Waals surface area contributed by atoms with Crippen LogP contribution in [-0.2, 0) is 17.9 Å². The monoisotopic (exact) mass is 425 g/mol. The molecule has 6 nitrogen and oxygen atoms in total. The van der Waals surface area contributed by atoms with Gasteiger partial charge >= 0.3 is 0 Å². The molecule has 28 heavy (non-hydrogen) atoms. The van der Waals surface area contributed by atoms with E-state index in [2.05, 4.69) is 39.1 Å². The first-order valence-electron chi connectivity index (χ1n) is 9.68. The Morgan fingerprint density at radius 3 is 2.57 bits per heavy atom. The van der Waals surface area contributed by atoms with E-state index in [0.29, 0.717) is 24.8 Å². The zero-order chi connectivity index (χ0) is 17.9. The van der Waals surface area contributed by atoms with Gasteiger partial charge in [0.15, 0.2) is 11.6 Å². The largest absolute Gasteiger partial charge is 0.333 e. The molecule has 2 aromatic rings. The lowest BCUT2D eigenvalue weighted by Crippen LogP contribution is -2.40. The zero-order valence-electron chi connectivity index (χ0n) is 16.2. The van der Waals surface area contributed by atoms with Crippen molar-refractivity contribution in [1.82, 2.24) is 25.0 Å². The summed E-state index contributed by atoms with van der Waals surface area (Å²) in [5, 5.41) is 12.1. The molecule has 3 heterocycles. The molecule has 1 amide bonds. The van der Waals surface area contributed by atoms with Crippen molar-refractivity contribution in [2.75, 3.05) is 19.6 Å². The Kier molecular flexibility index (Phi) is 8.28. The predicted octanol–water partition coefficient (Wildman–Crippen LogP) is 3.16. The van der Waals surface area contributed by atoms with Gasteiger partial charge in [0.05, 0.1) is 6.54 Å². The summed E-state index contributed by atoms with van der Waals surface area (Å²) in [5.74, 6) is 3.16. The van der Waals surface area contributed by atoms with Crippen LogP contribution < -0.4 is 5.32 Å². The number of carbonyl (C=O) groups is 1. The molecule has 2 aliphatic heterocycles. The minimum Gasteiger partial charge on any atom is -0.333 e. The highest BCUT2D eigenvalue weighted by atomic mass is 35.5. The molecule has 1 saturated heterocycles. The number of fused-ring (bicyclic) bond motifs is 1. The van der Waals surface area contributed by atoms with E-state index in [-0.39, 0.29) is 30.7 Å². The highest BCUT2D eigenvalue weighted by Gasteiger charge is 2.28. The van der Waals surface area contributed by atoms with Gasteiger partial charge in [-0.25, -0.2) is 0 Å². The number of piperidine rings is 1. The lowest BCUT2D eigenvalue weighted by atomic mass is 9.84. The van der Waals surface area contributed by atoms with Gasteiger partial charge in [0, 0.05) is 25.1 Å². The first-order chi connectivity index (χ1) is 12.7. The molecule has 0 spiro atoms. The summed E-state index contributed by atoms with van der Waals surface area (Å²) in [6.45, 7) is 6.46. The summed E-state index contributed by atoms with van der Waals surface area (Å²) in [6, 6.07) is 10.1. The number of halogens is 2. The van der Waals surface area contributed by atoms with Gasteiger partial charge in [-0.15, -0.1) is 35.0 Å². The SMILES string of the molecule is CC(CC(=O)N1CCn2c(nnc2-c2ccccc2)C1)C1CCNCC1.Cl.Cl. The fourth-order valence-corrected chi connectivity index (χ4v) is 4.16. The number of hydrogen-bond acceptors (Lipinski definition) is 4. The summed E-state index contributed by atoms with van der Waals surface area (Å²) < 4.78 is 2.15. The standard InChI is InChI=1S/C20H27N5O.2ClH/c1-15(16-7-9-21-10-8-16)13-19(26)24-11-12-25-18(14-24)22-23-20(25)17-5-3-2-4-6-17;;/h2-6,15-16,21H,7-14H2,1H3;2*1H. The van der Waals surface area contributed by atoms with Crippen LogP contribution in [0.4, 0.5) is 0 Å². The Labute approximate surface area is 178 Å². The normalized spacial score (nSPS) is 17.8. The van der Waals surface area contributed by atoms with E-state index in [1.165, 1.54) is 12.8 Å². The molecule has 0 bridgehead atoms. The minimum atomic E-state index is 0. The van der Waals surface area contributed by atoms with Crippen LogP contribution in [0.2, 0.25) is 0 Å². The second-order valence-electron chi connectivity index (χ2n) is 7.54. The fraction of sp³-hybridized carbons (Fsp3) is 0.550. The predicted molar refractivity (Wildman–Crippen MR) is 115 cm³/mol. The van der Waals surface area contributed by atoms with Crippen LogP contribution in [0.3, 0.4) is 0 Å². The molecule has 4 rings (SSSR count). The first kappa shape index (κ1) is 22.7. The first-order valence-corrected chi connectivity index (χ1v) is 9.68. The van der Waals surface area contributed by atoms with E-state index < -0.39 is 0 Å². The summed E-state index contributed by atoms with van der Waals surface area (Å²) in [6.07, 6.45) is 3.01. The molecule has 0 aliphatic carbocycles. The molecule has 1 aromatic carbocycles. The number of nitrogens with one attached hydrogen (secondary N) is 1. The molecular weight excluding hydrogens is 397 g/mol. The molecule has 154 valence electrons. The fourth-order valence-electron chi connectivity index (χ4n) is 4.16. The summed E-state index contributed by atoms with van der Waals surface area (Å²) >= 11 is 0. The Hall–Kier alpha value is -1.63. The average molecular weight is 426 g/mol. The van der Waals surface area contributed by atoms with Crippen molar-refractivity contribution in [2.45, 2.75) is 39.3 Å². The van der Waals surface area contributed by atoms with Gasteiger partial charge in [-0.3, -0.25) is 4.79 Å². The molecule has 0 radical (unpaired) electrons. The van der Waals surface area contributed by atoms with Gasteiger partial charge in [-0.2, -0.15) is 0 Å². The molecule has 8 heteroatoms. The Balaban J connectivity index is 0.00000140. The lowest BCUT2D eigenvalue weighted by Gasteiger charge is -2.32. The van der Waals surface area contributed by atoms with Gasteiger partial charge in [-0.05, 0) is 37.8 Å². The van der Waals surface area contributed by atoms with Crippen molar-refractivity contribution >= 4 is 30.7 Å². The Bertz CT molecular complexity index is 761. The van der Waals surface area contributed by atoms with Crippen molar-refractivity contribution in [1.29, 1.82) is 0 Å². The van der Waals surface area contributed by atoms with E-state index >= 15 is 0 Å². The van der Waals surface area contributed by atoms with Crippen LogP contribution in [0, 0.1) is 11.8 Å². The van der Waals surface area contributed by atoms with Gasteiger partial charge in [0.1, 0.15) is 0 Å². The number of amides is 1. The molecule has 1 unspecified atom stereocenters. The molecule has 1 atom stereocenters. The van der Waals surface area contributed by atoms with Crippen LogP contribution in [0.15, 0.2) is 30.3 Å². The number of hydrogen-bond donors (Lipinski definition) is 1. The summed E-state index contributed by atoms with van der Waals surface area (Å²) in [4.78, 5) is 14.7. The third kappa shape index (κ3) is 4.85. The highest BCUT2D eigenvalue weighted by molar-refractivity contribution is 5.85. The van der Waals surface area contributed by atoms with Crippen molar-refractivity contribution in [3.63, 3.8) is 0 Å². The minimum absolute atomic E-state index is 0. The van der Waals surface area contributed by atoms with E-state index in [9.17, 15) is 4.79 Å². The molecule has 2 aliphatic rings. The molecule has 0 saturated carbocycles. The Morgan fingerprint density at radius 2 is 1.86 bits per heavy atom. The quantitative estimate of drug-likeness (QED) is 0.816. The topological polar surface area (TPSA) is 63.1 Å². The van der Waals surface area contributed by atoms with Crippen molar-refractivity contribution in [3.8, 4) is 11.4 Å². The summed E-state index contributed by atoms with van der Waals surface area (Å²) in [7, 11) is 0. The maximum atomic E-state index is 12.8. The van der Waals surface area contributed by atoms with Crippen LogP contribution in [0.5, 0.6) is 0 Å². The van der Waals surface area contributed by atoms with Crippen molar-refractivity contribution < 1.29 is 4.79 Å². The van der Waals surface area contributed by atoms with Crippen molar-refractivity contribution in [3.05, 3.63) is 36.2 Å². The van der Waals surface area contributed by atoms with Gasteiger partial charge in [-0.1, -0.05) is 37.3 Å². The van der Waals surface area contributed by atoms with Gasteiger partial charge in [0.2, 0.25) is 5.91 Å². The maximum Gasteiger partial charge on any atom is 0.223 e. The molecule has 1 aromatic heterocycles. The zero-order valence-corrected chi connectivity index (χ0v) is 17.8.